The quantitative estimate of drug-likeness (QED) is 0.428. The predicted octanol–water partition coefficient (Wildman–Crippen LogP) is 4.62. The van der Waals surface area contributed by atoms with Crippen molar-refractivity contribution in [1.29, 1.82) is 0 Å². The zero-order valence-corrected chi connectivity index (χ0v) is 23.2. The molecule has 0 spiro atoms. The number of nitrogens with one attached hydrogen (secondary N) is 1. The molecule has 2 amide bonds. The summed E-state index contributed by atoms with van der Waals surface area (Å²) in [6.45, 7) is 6.76. The smallest absolute Gasteiger partial charge is 0.264 e. The minimum Gasteiger partial charge on any atom is -0.357 e. The third-order valence-corrected chi connectivity index (χ3v) is 8.43. The molecule has 0 heterocycles. The van der Waals surface area contributed by atoms with Crippen LogP contribution >= 0.6 is 11.6 Å². The molecule has 1 atom stereocenters. The predicted molar refractivity (Wildman–Crippen MR) is 147 cm³/mol. The molecular formula is C28H32ClN3O4S. The van der Waals surface area contributed by atoms with Crippen LogP contribution in [0.3, 0.4) is 0 Å². The summed E-state index contributed by atoms with van der Waals surface area (Å²) in [7, 11) is -2.65. The molecular weight excluding hydrogens is 510 g/mol. The van der Waals surface area contributed by atoms with Gasteiger partial charge in [0.25, 0.3) is 10.0 Å². The fraction of sp³-hybridized carbons (Fsp3) is 0.286. The van der Waals surface area contributed by atoms with Crippen molar-refractivity contribution in [2.75, 3.05) is 17.9 Å². The van der Waals surface area contributed by atoms with E-state index >= 15 is 0 Å². The first kappa shape index (κ1) is 28.2. The summed E-state index contributed by atoms with van der Waals surface area (Å²) in [4.78, 5) is 27.8. The zero-order valence-electron chi connectivity index (χ0n) is 21.7. The van der Waals surface area contributed by atoms with E-state index in [0.717, 1.165) is 21.0 Å². The molecule has 3 aromatic rings. The lowest BCUT2D eigenvalue weighted by Gasteiger charge is -2.32. The molecule has 0 aliphatic heterocycles. The van der Waals surface area contributed by atoms with Gasteiger partial charge in [-0.15, -0.1) is 0 Å². The summed E-state index contributed by atoms with van der Waals surface area (Å²) in [5, 5.41) is 2.96. The molecule has 3 rings (SSSR count). The van der Waals surface area contributed by atoms with Crippen LogP contribution in [0.25, 0.3) is 0 Å². The van der Waals surface area contributed by atoms with E-state index in [2.05, 4.69) is 5.32 Å². The van der Waals surface area contributed by atoms with Gasteiger partial charge in [0.05, 0.1) is 10.6 Å². The van der Waals surface area contributed by atoms with Crippen molar-refractivity contribution in [2.24, 2.45) is 0 Å². The van der Waals surface area contributed by atoms with E-state index in [-0.39, 0.29) is 17.3 Å². The highest BCUT2D eigenvalue weighted by Gasteiger charge is 2.33. The van der Waals surface area contributed by atoms with Gasteiger partial charge in [-0.1, -0.05) is 65.2 Å². The second-order valence-corrected chi connectivity index (χ2v) is 11.3. The van der Waals surface area contributed by atoms with Crippen LogP contribution in [0.15, 0.2) is 71.6 Å². The summed E-state index contributed by atoms with van der Waals surface area (Å²) < 4.78 is 28.8. The molecule has 0 fully saturated rings. The third kappa shape index (κ3) is 6.50. The number of aryl methyl sites for hydroxylation is 2. The fourth-order valence-corrected chi connectivity index (χ4v) is 5.66. The second kappa shape index (κ2) is 11.8. The monoisotopic (exact) mass is 541 g/mol. The Labute approximate surface area is 224 Å². The summed E-state index contributed by atoms with van der Waals surface area (Å²) in [5.74, 6) is -0.874. The lowest BCUT2D eigenvalue weighted by molar-refractivity contribution is -0.139. The van der Waals surface area contributed by atoms with E-state index < -0.39 is 28.5 Å². The Hall–Kier alpha value is -3.36. The number of nitrogens with zero attached hydrogens (tertiary/aromatic N) is 2. The lowest BCUT2D eigenvalue weighted by Crippen LogP contribution is -2.50. The maximum Gasteiger partial charge on any atom is 0.264 e. The number of benzene rings is 3. The second-order valence-electron chi connectivity index (χ2n) is 9.01. The molecule has 196 valence electrons. The molecule has 0 radical (unpaired) electrons. The summed E-state index contributed by atoms with van der Waals surface area (Å²) in [6.07, 6.45) is 0. The Balaban J connectivity index is 2.08. The van der Waals surface area contributed by atoms with Gasteiger partial charge < -0.3 is 10.2 Å². The Morgan fingerprint density at radius 2 is 1.59 bits per heavy atom. The number of hydrogen-bond acceptors (Lipinski definition) is 4. The van der Waals surface area contributed by atoms with Gasteiger partial charge in [-0.3, -0.25) is 13.9 Å². The SMILES string of the molecule is CNC(=O)[C@@H](C)N(Cc1cccc(C)c1)C(=O)CN(c1cccc(Cl)c1C)S(=O)(=O)c1ccc(C)cc1. The highest BCUT2D eigenvalue weighted by atomic mass is 35.5. The standard InChI is InChI=1S/C28H32ClN3O4S/c1-19-12-14-24(15-13-19)37(35,36)32(26-11-7-10-25(29)21(26)3)18-27(33)31(22(4)28(34)30-5)17-23-9-6-8-20(2)16-23/h6-16,22H,17-18H2,1-5H3,(H,30,34)/t22-/m1/s1. The number of hydrogen-bond donors (Lipinski definition) is 1. The molecule has 0 bridgehead atoms. The van der Waals surface area contributed by atoms with E-state index in [9.17, 15) is 18.0 Å². The lowest BCUT2D eigenvalue weighted by atomic mass is 10.1. The van der Waals surface area contributed by atoms with Crippen LogP contribution in [0, 0.1) is 20.8 Å². The highest BCUT2D eigenvalue weighted by Crippen LogP contribution is 2.31. The van der Waals surface area contributed by atoms with Gasteiger partial charge in [-0.2, -0.15) is 0 Å². The number of amides is 2. The number of sulfonamides is 1. The molecule has 0 unspecified atom stereocenters. The largest absolute Gasteiger partial charge is 0.357 e. The first-order chi connectivity index (χ1) is 17.4. The Kier molecular flexibility index (Phi) is 8.99. The van der Waals surface area contributed by atoms with Crippen molar-refractivity contribution in [3.8, 4) is 0 Å². The maximum atomic E-state index is 13.9. The topological polar surface area (TPSA) is 86.8 Å². The summed E-state index contributed by atoms with van der Waals surface area (Å²) in [5.41, 5.74) is 3.57. The Morgan fingerprint density at radius 1 is 0.946 bits per heavy atom. The Morgan fingerprint density at radius 3 is 2.22 bits per heavy atom. The van der Waals surface area contributed by atoms with Gasteiger partial charge >= 0.3 is 0 Å². The first-order valence-electron chi connectivity index (χ1n) is 11.9. The normalized spacial score (nSPS) is 12.1. The van der Waals surface area contributed by atoms with Crippen molar-refractivity contribution in [3.05, 3.63) is 94.0 Å². The van der Waals surface area contributed by atoms with Crippen molar-refractivity contribution < 1.29 is 18.0 Å². The van der Waals surface area contributed by atoms with Crippen molar-refractivity contribution in [1.82, 2.24) is 10.2 Å². The molecule has 37 heavy (non-hydrogen) atoms. The van der Waals surface area contributed by atoms with Gasteiger partial charge in [0.1, 0.15) is 12.6 Å². The van der Waals surface area contributed by atoms with Crippen LogP contribution in [0.1, 0.15) is 29.2 Å². The minimum atomic E-state index is -4.14. The van der Waals surface area contributed by atoms with Gasteiger partial charge in [0.15, 0.2) is 0 Å². The molecule has 7 nitrogen and oxygen atoms in total. The number of carbonyl (C=O) groups excluding carboxylic acids is 2. The highest BCUT2D eigenvalue weighted by molar-refractivity contribution is 7.92. The molecule has 0 aliphatic carbocycles. The Bertz CT molecular complexity index is 1390. The van der Waals surface area contributed by atoms with E-state index in [1.165, 1.54) is 24.1 Å². The molecule has 0 saturated carbocycles. The van der Waals surface area contributed by atoms with Crippen LogP contribution in [0.5, 0.6) is 0 Å². The number of rotatable bonds is 9. The minimum absolute atomic E-state index is 0.0508. The summed E-state index contributed by atoms with van der Waals surface area (Å²) >= 11 is 6.34. The molecule has 0 aliphatic rings. The molecule has 0 saturated heterocycles. The zero-order chi connectivity index (χ0) is 27.3. The van der Waals surface area contributed by atoms with Crippen LogP contribution in [0.4, 0.5) is 5.69 Å². The van der Waals surface area contributed by atoms with Crippen molar-refractivity contribution in [2.45, 2.75) is 45.2 Å². The average molecular weight is 542 g/mol. The van der Waals surface area contributed by atoms with Crippen LogP contribution < -0.4 is 9.62 Å². The number of carbonyl (C=O) groups is 2. The van der Waals surface area contributed by atoms with E-state index in [4.69, 9.17) is 11.6 Å². The van der Waals surface area contributed by atoms with Crippen molar-refractivity contribution >= 4 is 39.1 Å². The summed E-state index contributed by atoms with van der Waals surface area (Å²) in [6, 6.07) is 18.1. The molecule has 3 aromatic carbocycles. The number of anilines is 1. The van der Waals surface area contributed by atoms with Crippen LogP contribution in [-0.2, 0) is 26.2 Å². The number of halogens is 1. The van der Waals surface area contributed by atoms with E-state index in [0.29, 0.717) is 16.3 Å². The average Bonchev–Trinajstić information content (AvgIpc) is 2.87. The molecule has 9 heteroatoms. The van der Waals surface area contributed by atoms with E-state index in [1.807, 2.05) is 38.1 Å². The van der Waals surface area contributed by atoms with Crippen LogP contribution in [-0.4, -0.2) is 44.8 Å². The maximum absolute atomic E-state index is 13.9. The third-order valence-electron chi connectivity index (χ3n) is 6.24. The van der Waals surface area contributed by atoms with Gasteiger partial charge in [0, 0.05) is 18.6 Å². The van der Waals surface area contributed by atoms with Crippen LogP contribution in [0.2, 0.25) is 5.02 Å². The van der Waals surface area contributed by atoms with Gasteiger partial charge in [-0.25, -0.2) is 8.42 Å². The number of likely N-dealkylation sites (N-methyl/N-ethyl adjacent to an activating group) is 1. The van der Waals surface area contributed by atoms with Gasteiger partial charge in [0.2, 0.25) is 11.8 Å². The first-order valence-corrected chi connectivity index (χ1v) is 13.7. The molecule has 1 N–H and O–H groups in total. The molecule has 0 aromatic heterocycles. The fourth-order valence-electron chi connectivity index (χ4n) is 4.02. The van der Waals surface area contributed by atoms with Crippen molar-refractivity contribution in [3.63, 3.8) is 0 Å². The van der Waals surface area contributed by atoms with Gasteiger partial charge in [-0.05, 0) is 63.1 Å². The van der Waals surface area contributed by atoms with E-state index in [1.54, 1.807) is 44.2 Å².